The van der Waals surface area contributed by atoms with Crippen molar-refractivity contribution in [2.75, 3.05) is 31.7 Å². The van der Waals surface area contributed by atoms with E-state index in [1.54, 1.807) is 11.8 Å². The highest BCUT2D eigenvalue weighted by Crippen LogP contribution is 2.48. The molecular formula is C18H26N4OS. The molecule has 2 fully saturated rings. The Kier molecular flexibility index (Phi) is 4.62. The molecule has 1 aromatic rings. The van der Waals surface area contributed by atoms with E-state index in [2.05, 4.69) is 16.0 Å². The number of piperidine rings is 1. The molecule has 6 heteroatoms. The van der Waals surface area contributed by atoms with Gasteiger partial charge in [-0.05, 0) is 51.1 Å². The Morgan fingerprint density at radius 1 is 1.33 bits per heavy atom. The summed E-state index contributed by atoms with van der Waals surface area (Å²) in [5.41, 5.74) is 1.52. The average Bonchev–Trinajstić information content (AvgIpc) is 3.06. The van der Waals surface area contributed by atoms with E-state index in [1.165, 1.54) is 0 Å². The number of rotatable bonds is 6. The van der Waals surface area contributed by atoms with Gasteiger partial charge in [0.25, 0.3) is 0 Å². The second-order valence-electron chi connectivity index (χ2n) is 7.13. The van der Waals surface area contributed by atoms with E-state index in [9.17, 15) is 4.79 Å². The van der Waals surface area contributed by atoms with Crippen LogP contribution in [-0.4, -0.2) is 43.6 Å². The number of nitrogens with one attached hydrogen (secondary N) is 4. The molecule has 1 saturated heterocycles. The molecule has 3 atom stereocenters. The zero-order valence-electron chi connectivity index (χ0n) is 14.7. The Labute approximate surface area is 147 Å². The van der Waals surface area contributed by atoms with Crippen LogP contribution in [0.3, 0.4) is 0 Å². The molecule has 0 spiro atoms. The van der Waals surface area contributed by atoms with Crippen LogP contribution in [0.5, 0.6) is 0 Å². The fraction of sp³-hybridized carbons (Fsp3) is 0.556. The molecule has 1 aliphatic heterocycles. The first-order valence-electron chi connectivity index (χ1n) is 8.37. The van der Waals surface area contributed by atoms with E-state index in [1.807, 2.05) is 45.4 Å². The highest BCUT2D eigenvalue weighted by molar-refractivity contribution is 7.98. The van der Waals surface area contributed by atoms with Crippen molar-refractivity contribution >= 4 is 29.1 Å². The van der Waals surface area contributed by atoms with Crippen LogP contribution in [0.15, 0.2) is 23.1 Å². The highest BCUT2D eigenvalue weighted by Gasteiger charge is 2.57. The minimum Gasteiger partial charge on any atom is -0.387 e. The quantitative estimate of drug-likeness (QED) is 0.470. The number of anilines is 1. The Hall–Kier alpha value is -1.53. The third-order valence-corrected chi connectivity index (χ3v) is 6.00. The first kappa shape index (κ1) is 17.3. The molecule has 0 aromatic heterocycles. The van der Waals surface area contributed by atoms with Gasteiger partial charge >= 0.3 is 0 Å². The van der Waals surface area contributed by atoms with Gasteiger partial charge in [0.05, 0.1) is 16.9 Å². The third-order valence-electron chi connectivity index (χ3n) is 5.22. The summed E-state index contributed by atoms with van der Waals surface area (Å²) in [5, 5.41) is 18.3. The van der Waals surface area contributed by atoms with Crippen LogP contribution in [0.25, 0.3) is 0 Å². The van der Waals surface area contributed by atoms with Crippen molar-refractivity contribution < 1.29 is 4.79 Å². The largest absolute Gasteiger partial charge is 0.387 e. The van der Waals surface area contributed by atoms with Crippen LogP contribution in [-0.2, 0) is 4.79 Å². The van der Waals surface area contributed by atoms with Crippen LogP contribution in [0.1, 0.15) is 19.4 Å². The average molecular weight is 347 g/mol. The third kappa shape index (κ3) is 2.93. The predicted octanol–water partition coefficient (Wildman–Crippen LogP) is 2.18. The molecule has 3 rings (SSSR count). The fourth-order valence-corrected chi connectivity index (χ4v) is 4.40. The lowest BCUT2D eigenvalue weighted by Crippen LogP contribution is -2.51. The smallest absolute Gasteiger partial charge is 0.224 e. The lowest BCUT2D eigenvalue weighted by Gasteiger charge is -2.29. The molecule has 130 valence electrons. The molecule has 0 radical (unpaired) electrons. The van der Waals surface area contributed by atoms with Gasteiger partial charge in [-0.15, -0.1) is 11.8 Å². The molecule has 1 aliphatic carbocycles. The Balaban J connectivity index is 1.77. The first-order chi connectivity index (χ1) is 11.4. The maximum Gasteiger partial charge on any atom is 0.224 e. The SMILES string of the molecule is CNc1c(SC)cccc1C(=N)C(C)(C)NC(=O)C1[C@H]2CNC[C@@H]12. The van der Waals surface area contributed by atoms with Gasteiger partial charge in [0.1, 0.15) is 0 Å². The van der Waals surface area contributed by atoms with Gasteiger partial charge in [0.2, 0.25) is 5.91 Å². The molecule has 0 bridgehead atoms. The minimum absolute atomic E-state index is 0.0910. The van der Waals surface area contributed by atoms with Crippen molar-refractivity contribution in [3.05, 3.63) is 23.8 Å². The van der Waals surface area contributed by atoms with Gasteiger partial charge in [-0.3, -0.25) is 4.79 Å². The van der Waals surface area contributed by atoms with Crippen molar-refractivity contribution in [2.24, 2.45) is 17.8 Å². The first-order valence-corrected chi connectivity index (χ1v) is 9.60. The summed E-state index contributed by atoms with van der Waals surface area (Å²) in [6, 6.07) is 5.94. The number of benzene rings is 1. The van der Waals surface area contributed by atoms with Crippen LogP contribution in [0.4, 0.5) is 5.69 Å². The number of hydrogen-bond donors (Lipinski definition) is 4. The molecule has 5 nitrogen and oxygen atoms in total. The van der Waals surface area contributed by atoms with Crippen molar-refractivity contribution in [3.8, 4) is 0 Å². The molecule has 1 aromatic carbocycles. The van der Waals surface area contributed by atoms with Gasteiger partial charge in [0, 0.05) is 23.4 Å². The monoisotopic (exact) mass is 346 g/mol. The molecule has 2 aliphatic rings. The summed E-state index contributed by atoms with van der Waals surface area (Å²) in [5.74, 6) is 1.19. The highest BCUT2D eigenvalue weighted by atomic mass is 32.2. The number of carbonyl (C=O) groups excluding carboxylic acids is 1. The lowest BCUT2D eigenvalue weighted by atomic mass is 9.90. The number of hydrogen-bond acceptors (Lipinski definition) is 5. The molecule has 1 saturated carbocycles. The Morgan fingerprint density at radius 3 is 2.58 bits per heavy atom. The molecule has 1 amide bonds. The van der Waals surface area contributed by atoms with E-state index in [0.717, 1.165) is 29.2 Å². The zero-order chi connectivity index (χ0) is 17.5. The molecule has 1 heterocycles. The van der Waals surface area contributed by atoms with Gasteiger partial charge < -0.3 is 21.4 Å². The predicted molar refractivity (Wildman–Crippen MR) is 100 cm³/mol. The summed E-state index contributed by atoms with van der Waals surface area (Å²) in [6.45, 7) is 5.71. The maximum atomic E-state index is 12.6. The van der Waals surface area contributed by atoms with E-state index < -0.39 is 5.54 Å². The summed E-state index contributed by atoms with van der Waals surface area (Å²) in [7, 11) is 1.87. The standard InChI is InChI=1S/C18H26N4OS/c1-18(2,22-17(23)14-11-8-21-9-12(11)14)16(19)10-6-5-7-13(24-4)15(10)20-3/h5-7,11-12,14,19-21H,8-9H2,1-4H3,(H,22,23)/t11-,12+,14?. The number of amides is 1. The van der Waals surface area contributed by atoms with Gasteiger partial charge in [-0.1, -0.05) is 12.1 Å². The van der Waals surface area contributed by atoms with Crippen LogP contribution in [0.2, 0.25) is 0 Å². The minimum atomic E-state index is -0.704. The summed E-state index contributed by atoms with van der Waals surface area (Å²) >= 11 is 1.65. The number of carbonyl (C=O) groups is 1. The topological polar surface area (TPSA) is 77.0 Å². The number of para-hydroxylation sites is 1. The molecular weight excluding hydrogens is 320 g/mol. The normalized spacial score (nSPS) is 25.1. The van der Waals surface area contributed by atoms with Crippen molar-refractivity contribution in [1.82, 2.24) is 10.6 Å². The van der Waals surface area contributed by atoms with Crippen molar-refractivity contribution in [3.63, 3.8) is 0 Å². The zero-order valence-corrected chi connectivity index (χ0v) is 15.5. The summed E-state index contributed by atoms with van der Waals surface area (Å²) in [6.07, 6.45) is 2.02. The van der Waals surface area contributed by atoms with Crippen molar-refractivity contribution in [2.45, 2.75) is 24.3 Å². The fourth-order valence-electron chi connectivity index (χ4n) is 3.77. The van der Waals surface area contributed by atoms with Gasteiger partial charge in [-0.25, -0.2) is 0 Å². The molecule has 1 unspecified atom stereocenters. The summed E-state index contributed by atoms with van der Waals surface area (Å²) < 4.78 is 0. The second kappa shape index (κ2) is 6.41. The lowest BCUT2D eigenvalue weighted by molar-refractivity contribution is -0.124. The molecule has 24 heavy (non-hydrogen) atoms. The maximum absolute atomic E-state index is 12.6. The van der Waals surface area contributed by atoms with E-state index >= 15 is 0 Å². The van der Waals surface area contributed by atoms with E-state index in [0.29, 0.717) is 17.5 Å². The van der Waals surface area contributed by atoms with E-state index in [-0.39, 0.29) is 11.8 Å². The van der Waals surface area contributed by atoms with Crippen LogP contribution in [0, 0.1) is 23.2 Å². The van der Waals surface area contributed by atoms with Crippen LogP contribution >= 0.6 is 11.8 Å². The number of fused-ring (bicyclic) bond motifs is 1. The Bertz CT molecular complexity index is 663. The van der Waals surface area contributed by atoms with Gasteiger partial charge in [-0.2, -0.15) is 0 Å². The second-order valence-corrected chi connectivity index (χ2v) is 7.98. The number of thioether (sulfide) groups is 1. The van der Waals surface area contributed by atoms with E-state index in [4.69, 9.17) is 5.41 Å². The summed E-state index contributed by atoms with van der Waals surface area (Å²) in [4.78, 5) is 13.7. The Morgan fingerprint density at radius 2 is 2.00 bits per heavy atom. The van der Waals surface area contributed by atoms with Gasteiger partial charge in [0.15, 0.2) is 0 Å². The van der Waals surface area contributed by atoms with Crippen LogP contribution < -0.4 is 16.0 Å². The van der Waals surface area contributed by atoms with Crippen molar-refractivity contribution in [1.29, 1.82) is 5.41 Å². The molecule has 4 N–H and O–H groups in total.